The van der Waals surface area contributed by atoms with Crippen molar-refractivity contribution in [3.63, 3.8) is 0 Å². The lowest BCUT2D eigenvalue weighted by Gasteiger charge is -2.37. The number of benzene rings is 2. The maximum Gasteiger partial charge on any atom is 0.253 e. The fourth-order valence-electron chi connectivity index (χ4n) is 3.56. The Bertz CT molecular complexity index is 796. The third kappa shape index (κ3) is 4.37. The summed E-state index contributed by atoms with van der Waals surface area (Å²) in [6.07, 6.45) is 0. The number of aryl methyl sites for hydroxylation is 1. The molecule has 1 aliphatic heterocycles. The van der Waals surface area contributed by atoms with Crippen molar-refractivity contribution in [2.24, 2.45) is 0 Å². The second-order valence-corrected chi connectivity index (χ2v) is 7.26. The van der Waals surface area contributed by atoms with E-state index in [1.54, 1.807) is 0 Å². The van der Waals surface area contributed by atoms with Gasteiger partial charge in [0.15, 0.2) is 0 Å². The number of carbonyl (C=O) groups is 2. The van der Waals surface area contributed by atoms with Crippen LogP contribution in [0.15, 0.2) is 54.6 Å². The number of carbonyl (C=O) groups excluding carboxylic acids is 2. The van der Waals surface area contributed by atoms with Crippen LogP contribution in [0, 0.1) is 6.92 Å². The Labute approximate surface area is 161 Å². The maximum atomic E-state index is 13.1. The van der Waals surface area contributed by atoms with Gasteiger partial charge in [0.25, 0.3) is 5.91 Å². The van der Waals surface area contributed by atoms with Crippen LogP contribution in [-0.4, -0.2) is 66.8 Å². The Balaban J connectivity index is 1.66. The molecule has 1 atom stereocenters. The number of piperazine rings is 1. The van der Waals surface area contributed by atoms with Gasteiger partial charge in [-0.2, -0.15) is 0 Å². The van der Waals surface area contributed by atoms with Gasteiger partial charge in [-0.15, -0.1) is 0 Å². The van der Waals surface area contributed by atoms with Gasteiger partial charge in [0.05, 0.1) is 0 Å². The largest absolute Gasteiger partial charge is 0.337 e. The molecule has 0 N–H and O–H groups in total. The molecule has 2 amide bonds. The molecule has 1 aliphatic rings. The average molecular weight is 365 g/mol. The van der Waals surface area contributed by atoms with Crippen molar-refractivity contribution in [1.82, 2.24) is 14.7 Å². The van der Waals surface area contributed by atoms with E-state index >= 15 is 0 Å². The molecule has 5 heteroatoms. The molecule has 1 heterocycles. The fourth-order valence-corrected chi connectivity index (χ4v) is 3.56. The van der Waals surface area contributed by atoms with E-state index in [4.69, 9.17) is 0 Å². The summed E-state index contributed by atoms with van der Waals surface area (Å²) < 4.78 is 0. The summed E-state index contributed by atoms with van der Waals surface area (Å²) in [4.78, 5) is 31.5. The van der Waals surface area contributed by atoms with E-state index in [2.05, 4.69) is 0 Å². The highest BCUT2D eigenvalue weighted by Gasteiger charge is 2.31. The van der Waals surface area contributed by atoms with Crippen LogP contribution in [0.4, 0.5) is 0 Å². The Kier molecular flexibility index (Phi) is 5.91. The first-order chi connectivity index (χ1) is 13.0. The molecule has 5 nitrogen and oxygen atoms in total. The lowest BCUT2D eigenvalue weighted by Crippen LogP contribution is -2.52. The highest BCUT2D eigenvalue weighted by atomic mass is 16.2. The number of rotatable bonds is 4. The minimum Gasteiger partial charge on any atom is -0.337 e. The summed E-state index contributed by atoms with van der Waals surface area (Å²) in [5.41, 5.74) is 2.78. The molecule has 0 aliphatic carbocycles. The number of likely N-dealkylation sites (N-methyl/N-ethyl adjacent to an activating group) is 1. The molecule has 0 aromatic heterocycles. The van der Waals surface area contributed by atoms with Crippen LogP contribution < -0.4 is 0 Å². The van der Waals surface area contributed by atoms with Crippen LogP contribution in [0.2, 0.25) is 0 Å². The van der Waals surface area contributed by atoms with Gasteiger partial charge in [0, 0.05) is 31.7 Å². The molecule has 0 radical (unpaired) electrons. The number of hydrogen-bond acceptors (Lipinski definition) is 3. The monoisotopic (exact) mass is 365 g/mol. The van der Waals surface area contributed by atoms with E-state index < -0.39 is 0 Å². The first-order valence-electron chi connectivity index (χ1n) is 9.33. The molecule has 1 fully saturated rings. The normalized spacial score (nSPS) is 15.7. The molecule has 0 spiro atoms. The van der Waals surface area contributed by atoms with E-state index in [1.807, 2.05) is 90.3 Å². The fraction of sp³-hybridized carbons (Fsp3) is 0.364. The Hall–Kier alpha value is -2.66. The summed E-state index contributed by atoms with van der Waals surface area (Å²) in [5, 5.41) is 0. The van der Waals surface area contributed by atoms with Gasteiger partial charge in [0.2, 0.25) is 5.91 Å². The van der Waals surface area contributed by atoms with E-state index in [9.17, 15) is 9.59 Å². The van der Waals surface area contributed by atoms with Gasteiger partial charge in [-0.3, -0.25) is 14.5 Å². The standard InChI is InChI=1S/C22H27N3O2/c1-17-8-7-11-19(16-17)21(26)24-12-14-25(15-13-24)22(27)20(23(2)3)18-9-5-4-6-10-18/h4-11,16,20H,12-15H2,1-3H3. The molecule has 2 aromatic rings. The van der Waals surface area contributed by atoms with Gasteiger partial charge < -0.3 is 9.80 Å². The molecule has 3 rings (SSSR count). The zero-order valence-electron chi connectivity index (χ0n) is 16.3. The van der Waals surface area contributed by atoms with Gasteiger partial charge in [0.1, 0.15) is 6.04 Å². The number of amides is 2. The minimum atomic E-state index is -0.301. The average Bonchev–Trinajstić information content (AvgIpc) is 2.68. The highest BCUT2D eigenvalue weighted by Crippen LogP contribution is 2.22. The van der Waals surface area contributed by atoms with Crippen molar-refractivity contribution < 1.29 is 9.59 Å². The van der Waals surface area contributed by atoms with Crippen LogP contribution in [0.1, 0.15) is 27.5 Å². The van der Waals surface area contributed by atoms with E-state index in [1.165, 1.54) is 0 Å². The number of hydrogen-bond donors (Lipinski definition) is 0. The zero-order chi connectivity index (χ0) is 19.4. The van der Waals surface area contributed by atoms with Gasteiger partial charge >= 0.3 is 0 Å². The smallest absolute Gasteiger partial charge is 0.253 e. The van der Waals surface area contributed by atoms with Gasteiger partial charge in [-0.05, 0) is 38.7 Å². The number of nitrogens with zero attached hydrogens (tertiary/aromatic N) is 3. The van der Waals surface area contributed by atoms with Crippen LogP contribution >= 0.6 is 0 Å². The predicted octanol–water partition coefficient (Wildman–Crippen LogP) is 2.58. The summed E-state index contributed by atoms with van der Waals surface area (Å²) in [5.74, 6) is 0.131. The summed E-state index contributed by atoms with van der Waals surface area (Å²) in [7, 11) is 3.85. The summed E-state index contributed by atoms with van der Waals surface area (Å²) in [6.45, 7) is 4.24. The molecule has 0 saturated carbocycles. The molecule has 2 aromatic carbocycles. The topological polar surface area (TPSA) is 43.9 Å². The second-order valence-electron chi connectivity index (χ2n) is 7.26. The van der Waals surface area contributed by atoms with Crippen molar-refractivity contribution in [3.8, 4) is 0 Å². The van der Waals surface area contributed by atoms with Crippen LogP contribution in [0.5, 0.6) is 0 Å². The Morgan fingerprint density at radius 2 is 1.52 bits per heavy atom. The second kappa shape index (κ2) is 8.35. The first-order valence-corrected chi connectivity index (χ1v) is 9.33. The Morgan fingerprint density at radius 1 is 0.889 bits per heavy atom. The first kappa shape index (κ1) is 19.1. The minimum absolute atomic E-state index is 0.0398. The van der Waals surface area contributed by atoms with E-state index in [-0.39, 0.29) is 17.9 Å². The van der Waals surface area contributed by atoms with Gasteiger partial charge in [-0.1, -0.05) is 48.0 Å². The molecule has 142 valence electrons. The molecule has 27 heavy (non-hydrogen) atoms. The van der Waals surface area contributed by atoms with Crippen LogP contribution in [0.3, 0.4) is 0 Å². The van der Waals surface area contributed by atoms with Crippen molar-refractivity contribution >= 4 is 11.8 Å². The zero-order valence-corrected chi connectivity index (χ0v) is 16.3. The van der Waals surface area contributed by atoms with Crippen molar-refractivity contribution in [2.75, 3.05) is 40.3 Å². The predicted molar refractivity (Wildman–Crippen MR) is 107 cm³/mol. The lowest BCUT2D eigenvalue weighted by atomic mass is 10.0. The van der Waals surface area contributed by atoms with Crippen LogP contribution in [-0.2, 0) is 4.79 Å². The highest BCUT2D eigenvalue weighted by molar-refractivity contribution is 5.94. The van der Waals surface area contributed by atoms with Gasteiger partial charge in [-0.25, -0.2) is 0 Å². The SMILES string of the molecule is Cc1cccc(C(=O)N2CCN(C(=O)C(c3ccccc3)N(C)C)CC2)c1. The third-order valence-corrected chi connectivity index (χ3v) is 5.01. The summed E-state index contributed by atoms with van der Waals surface area (Å²) in [6, 6.07) is 17.2. The molecule has 1 unspecified atom stereocenters. The van der Waals surface area contributed by atoms with Crippen molar-refractivity contribution in [2.45, 2.75) is 13.0 Å². The quantitative estimate of drug-likeness (QED) is 0.836. The van der Waals surface area contributed by atoms with E-state index in [0.29, 0.717) is 31.7 Å². The maximum absolute atomic E-state index is 13.1. The lowest BCUT2D eigenvalue weighted by molar-refractivity contribution is -0.137. The van der Waals surface area contributed by atoms with Crippen LogP contribution in [0.25, 0.3) is 0 Å². The van der Waals surface area contributed by atoms with E-state index in [0.717, 1.165) is 11.1 Å². The molecule has 0 bridgehead atoms. The summed E-state index contributed by atoms with van der Waals surface area (Å²) >= 11 is 0. The molecular weight excluding hydrogens is 338 g/mol. The molecular formula is C22H27N3O2. The Morgan fingerprint density at radius 3 is 2.11 bits per heavy atom. The third-order valence-electron chi connectivity index (χ3n) is 5.01. The van der Waals surface area contributed by atoms with Crippen molar-refractivity contribution in [3.05, 3.63) is 71.3 Å². The molecule has 1 saturated heterocycles. The van der Waals surface area contributed by atoms with Crippen molar-refractivity contribution in [1.29, 1.82) is 0 Å².